The van der Waals surface area contributed by atoms with Gasteiger partial charge in [0.1, 0.15) is 12.4 Å². The number of amides is 2. The molecule has 0 N–H and O–H groups in total. The van der Waals surface area contributed by atoms with Crippen molar-refractivity contribution in [2.45, 2.75) is 53.2 Å². The van der Waals surface area contributed by atoms with Crippen molar-refractivity contribution in [3.63, 3.8) is 0 Å². The number of aromatic nitrogens is 1. The van der Waals surface area contributed by atoms with Crippen LogP contribution in [0.5, 0.6) is 0 Å². The number of benzene rings is 2. The third kappa shape index (κ3) is 7.54. The van der Waals surface area contributed by atoms with E-state index < -0.39 is 5.82 Å². The Labute approximate surface area is 208 Å². The maximum atomic E-state index is 13.8. The molecule has 0 atom stereocenters. The van der Waals surface area contributed by atoms with Gasteiger partial charge >= 0.3 is 0 Å². The Morgan fingerprint density at radius 2 is 1.69 bits per heavy atom. The lowest BCUT2D eigenvalue weighted by Crippen LogP contribution is -2.46. The summed E-state index contributed by atoms with van der Waals surface area (Å²) >= 11 is 0. The SMILES string of the molecule is CC(C)CCN(CC(=O)N(Cc1cccn1Cc1ccccc1)C(C)C)C(=O)c1cccc(F)c1. The highest BCUT2D eigenvalue weighted by atomic mass is 19.1. The fourth-order valence-electron chi connectivity index (χ4n) is 3.99. The van der Waals surface area contributed by atoms with E-state index in [1.165, 1.54) is 23.8 Å². The van der Waals surface area contributed by atoms with E-state index in [9.17, 15) is 14.0 Å². The average molecular weight is 478 g/mol. The standard InChI is InChI=1S/C29H36FN3O2/c1-22(2)15-17-32(29(35)25-12-8-13-26(30)18-25)21-28(34)33(23(3)4)20-27-14-9-16-31(27)19-24-10-6-5-7-11-24/h5-14,16,18,22-23H,15,17,19-21H2,1-4H3. The van der Waals surface area contributed by atoms with Crippen LogP contribution in [0.2, 0.25) is 0 Å². The lowest BCUT2D eigenvalue weighted by atomic mass is 10.1. The molecular formula is C29H36FN3O2. The highest BCUT2D eigenvalue weighted by Crippen LogP contribution is 2.15. The Morgan fingerprint density at radius 3 is 2.34 bits per heavy atom. The Morgan fingerprint density at radius 1 is 0.943 bits per heavy atom. The van der Waals surface area contributed by atoms with Crippen LogP contribution in [0.15, 0.2) is 72.9 Å². The second-order valence-electron chi connectivity index (χ2n) is 9.65. The molecule has 0 spiro atoms. The highest BCUT2D eigenvalue weighted by Gasteiger charge is 2.25. The van der Waals surface area contributed by atoms with Crippen LogP contribution >= 0.6 is 0 Å². The molecule has 0 aliphatic rings. The summed E-state index contributed by atoms with van der Waals surface area (Å²) in [5, 5.41) is 0. The van der Waals surface area contributed by atoms with Crippen LogP contribution in [0.3, 0.4) is 0 Å². The monoisotopic (exact) mass is 477 g/mol. The summed E-state index contributed by atoms with van der Waals surface area (Å²) in [5.74, 6) is -0.542. The van der Waals surface area contributed by atoms with Crippen LogP contribution < -0.4 is 0 Å². The number of carbonyl (C=O) groups is 2. The third-order valence-corrected chi connectivity index (χ3v) is 6.06. The molecular weight excluding hydrogens is 441 g/mol. The zero-order valence-electron chi connectivity index (χ0n) is 21.2. The zero-order valence-corrected chi connectivity index (χ0v) is 21.2. The quantitative estimate of drug-likeness (QED) is 0.361. The van der Waals surface area contributed by atoms with E-state index in [0.717, 1.165) is 18.7 Å². The topological polar surface area (TPSA) is 45.6 Å². The normalized spacial score (nSPS) is 11.2. The van der Waals surface area contributed by atoms with Gasteiger partial charge in [-0.1, -0.05) is 50.2 Å². The molecule has 35 heavy (non-hydrogen) atoms. The molecule has 186 valence electrons. The second-order valence-corrected chi connectivity index (χ2v) is 9.65. The molecule has 0 unspecified atom stereocenters. The van der Waals surface area contributed by atoms with Crippen molar-refractivity contribution < 1.29 is 14.0 Å². The maximum Gasteiger partial charge on any atom is 0.254 e. The van der Waals surface area contributed by atoms with Crippen molar-refractivity contribution >= 4 is 11.8 Å². The first kappa shape index (κ1) is 26.2. The molecule has 2 aromatic carbocycles. The number of nitrogens with zero attached hydrogens (tertiary/aromatic N) is 3. The predicted octanol–water partition coefficient (Wildman–Crippen LogP) is 5.60. The molecule has 3 aromatic rings. The molecule has 1 heterocycles. The first-order valence-electron chi connectivity index (χ1n) is 12.3. The van der Waals surface area contributed by atoms with Gasteiger partial charge in [-0.15, -0.1) is 0 Å². The number of rotatable bonds is 11. The van der Waals surface area contributed by atoms with Gasteiger partial charge in [0.05, 0.1) is 6.54 Å². The van der Waals surface area contributed by atoms with Gasteiger partial charge in [-0.2, -0.15) is 0 Å². The molecule has 3 rings (SSSR count). The molecule has 0 saturated heterocycles. The van der Waals surface area contributed by atoms with E-state index in [4.69, 9.17) is 0 Å². The van der Waals surface area contributed by atoms with Crippen molar-refractivity contribution in [1.82, 2.24) is 14.4 Å². The van der Waals surface area contributed by atoms with E-state index in [2.05, 4.69) is 30.5 Å². The van der Waals surface area contributed by atoms with Gasteiger partial charge in [0.25, 0.3) is 5.91 Å². The minimum Gasteiger partial charge on any atom is -0.345 e. The largest absolute Gasteiger partial charge is 0.345 e. The second kappa shape index (κ2) is 12.3. The van der Waals surface area contributed by atoms with Crippen LogP contribution in [0, 0.1) is 11.7 Å². The molecule has 0 fully saturated rings. The van der Waals surface area contributed by atoms with Crippen molar-refractivity contribution in [3.8, 4) is 0 Å². The molecule has 0 aliphatic carbocycles. The van der Waals surface area contributed by atoms with Gasteiger partial charge in [-0.25, -0.2) is 4.39 Å². The Kier molecular flexibility index (Phi) is 9.24. The van der Waals surface area contributed by atoms with Gasteiger partial charge in [-0.3, -0.25) is 9.59 Å². The third-order valence-electron chi connectivity index (χ3n) is 6.06. The van der Waals surface area contributed by atoms with Crippen LogP contribution in [0.25, 0.3) is 0 Å². The molecule has 1 aromatic heterocycles. The van der Waals surface area contributed by atoms with Crippen molar-refractivity contribution in [3.05, 3.63) is 95.6 Å². The van der Waals surface area contributed by atoms with Crippen LogP contribution in [-0.2, 0) is 17.9 Å². The van der Waals surface area contributed by atoms with Crippen LogP contribution in [0.4, 0.5) is 4.39 Å². The first-order valence-corrected chi connectivity index (χ1v) is 12.3. The van der Waals surface area contributed by atoms with E-state index >= 15 is 0 Å². The molecule has 2 amide bonds. The van der Waals surface area contributed by atoms with Crippen molar-refractivity contribution in [1.29, 1.82) is 0 Å². The molecule has 0 radical (unpaired) electrons. The lowest BCUT2D eigenvalue weighted by molar-refractivity contribution is -0.134. The molecule has 0 saturated carbocycles. The fourth-order valence-corrected chi connectivity index (χ4v) is 3.99. The first-order chi connectivity index (χ1) is 16.7. The number of halogens is 1. The molecule has 6 heteroatoms. The Bertz CT molecular complexity index is 1110. The summed E-state index contributed by atoms with van der Waals surface area (Å²) in [6, 6.07) is 19.8. The van der Waals surface area contributed by atoms with Gasteiger partial charge < -0.3 is 14.4 Å². The van der Waals surface area contributed by atoms with Gasteiger partial charge in [0.15, 0.2) is 0 Å². The van der Waals surface area contributed by atoms with Gasteiger partial charge in [0.2, 0.25) is 5.91 Å². The van der Waals surface area contributed by atoms with E-state index in [0.29, 0.717) is 19.0 Å². The number of carbonyl (C=O) groups excluding carboxylic acids is 2. The number of hydrogen-bond acceptors (Lipinski definition) is 2. The summed E-state index contributed by atoms with van der Waals surface area (Å²) in [6.07, 6.45) is 2.78. The van der Waals surface area contributed by atoms with Crippen LogP contribution in [-0.4, -0.2) is 45.3 Å². The van der Waals surface area contributed by atoms with E-state index in [-0.39, 0.29) is 30.0 Å². The van der Waals surface area contributed by atoms with E-state index in [1.807, 2.05) is 50.4 Å². The zero-order chi connectivity index (χ0) is 25.4. The number of hydrogen-bond donors (Lipinski definition) is 0. The maximum absolute atomic E-state index is 13.8. The van der Waals surface area contributed by atoms with Gasteiger partial charge in [0, 0.05) is 36.6 Å². The summed E-state index contributed by atoms with van der Waals surface area (Å²) < 4.78 is 15.9. The predicted molar refractivity (Wildman–Crippen MR) is 137 cm³/mol. The summed E-state index contributed by atoms with van der Waals surface area (Å²) in [5.41, 5.74) is 2.48. The highest BCUT2D eigenvalue weighted by molar-refractivity contribution is 5.96. The summed E-state index contributed by atoms with van der Waals surface area (Å²) in [6.45, 7) is 9.69. The minimum atomic E-state index is -0.464. The summed E-state index contributed by atoms with van der Waals surface area (Å²) in [7, 11) is 0. The van der Waals surface area contributed by atoms with Crippen LogP contribution in [0.1, 0.15) is 55.7 Å². The van der Waals surface area contributed by atoms with Gasteiger partial charge in [-0.05, 0) is 62.1 Å². The van der Waals surface area contributed by atoms with E-state index in [1.54, 1.807) is 15.9 Å². The average Bonchev–Trinajstić information content (AvgIpc) is 3.26. The summed E-state index contributed by atoms with van der Waals surface area (Å²) in [4.78, 5) is 30.0. The lowest BCUT2D eigenvalue weighted by Gasteiger charge is -2.31. The molecule has 0 bridgehead atoms. The smallest absolute Gasteiger partial charge is 0.254 e. The Hall–Kier alpha value is -3.41. The minimum absolute atomic E-state index is 0.0420. The molecule has 0 aliphatic heterocycles. The fraction of sp³-hybridized carbons (Fsp3) is 0.379. The Balaban J connectivity index is 1.77. The van der Waals surface area contributed by atoms with Crippen molar-refractivity contribution in [2.75, 3.05) is 13.1 Å². The molecule has 5 nitrogen and oxygen atoms in total. The van der Waals surface area contributed by atoms with Crippen molar-refractivity contribution in [2.24, 2.45) is 5.92 Å².